The second kappa shape index (κ2) is 4.44. The molecule has 0 unspecified atom stereocenters. The number of hydrogen-bond donors (Lipinski definition) is 0. The maximum Gasteiger partial charge on any atom is 0.263 e. The minimum absolute atomic E-state index is 0.0826. The van der Waals surface area contributed by atoms with E-state index in [1.165, 1.54) is 0 Å². The molecule has 0 radical (unpaired) electrons. The van der Waals surface area contributed by atoms with E-state index in [0.29, 0.717) is 21.9 Å². The van der Waals surface area contributed by atoms with E-state index in [9.17, 15) is 10.1 Å². The van der Waals surface area contributed by atoms with Crippen molar-refractivity contribution in [1.29, 1.82) is 5.26 Å². The smallest absolute Gasteiger partial charge is 0.263 e. The Balaban J connectivity index is 2.46. The van der Waals surface area contributed by atoms with Gasteiger partial charge in [0, 0.05) is 16.2 Å². The SMILES string of the molecule is Cc1cc2c(C#N)c3ccccc3c(=O)n2c2ccccc12. The predicted octanol–water partition coefficient (Wildman–Crippen LogP) is 3.79. The fraction of sp³-hybridized carbons (Fsp3) is 0.0526. The average molecular weight is 284 g/mol. The molecule has 22 heavy (non-hydrogen) atoms. The summed E-state index contributed by atoms with van der Waals surface area (Å²) < 4.78 is 1.66. The third-order valence-electron chi connectivity index (χ3n) is 4.16. The molecule has 0 bridgehead atoms. The van der Waals surface area contributed by atoms with Crippen molar-refractivity contribution in [3.05, 3.63) is 76.1 Å². The van der Waals surface area contributed by atoms with Crippen molar-refractivity contribution in [2.75, 3.05) is 0 Å². The largest absolute Gasteiger partial charge is 0.275 e. The monoisotopic (exact) mass is 284 g/mol. The summed E-state index contributed by atoms with van der Waals surface area (Å²) in [6.07, 6.45) is 0. The number of para-hydroxylation sites is 1. The van der Waals surface area contributed by atoms with Crippen molar-refractivity contribution in [1.82, 2.24) is 4.40 Å². The molecular weight excluding hydrogens is 272 g/mol. The molecule has 0 amide bonds. The molecule has 0 saturated heterocycles. The van der Waals surface area contributed by atoms with Gasteiger partial charge >= 0.3 is 0 Å². The number of hydrogen-bond acceptors (Lipinski definition) is 2. The van der Waals surface area contributed by atoms with Gasteiger partial charge in [0.05, 0.1) is 16.6 Å². The van der Waals surface area contributed by atoms with E-state index in [1.54, 1.807) is 10.5 Å². The lowest BCUT2D eigenvalue weighted by Crippen LogP contribution is -2.16. The fourth-order valence-corrected chi connectivity index (χ4v) is 3.15. The Morgan fingerprint density at radius 2 is 1.55 bits per heavy atom. The van der Waals surface area contributed by atoms with Crippen LogP contribution in [0.1, 0.15) is 11.1 Å². The maximum absolute atomic E-state index is 12.9. The van der Waals surface area contributed by atoms with Crippen LogP contribution in [0.3, 0.4) is 0 Å². The summed E-state index contributed by atoms with van der Waals surface area (Å²) in [6, 6.07) is 19.3. The van der Waals surface area contributed by atoms with Crippen molar-refractivity contribution < 1.29 is 0 Å². The molecule has 3 heteroatoms. The summed E-state index contributed by atoms with van der Waals surface area (Å²) in [5.41, 5.74) is 3.03. The van der Waals surface area contributed by atoms with Gasteiger partial charge in [-0.1, -0.05) is 36.4 Å². The molecule has 3 nitrogen and oxygen atoms in total. The highest BCUT2D eigenvalue weighted by molar-refractivity contribution is 5.96. The number of fused-ring (bicyclic) bond motifs is 4. The second-order valence-corrected chi connectivity index (χ2v) is 5.40. The molecule has 0 aliphatic carbocycles. The van der Waals surface area contributed by atoms with Crippen molar-refractivity contribution in [2.24, 2.45) is 0 Å². The number of aryl methyl sites for hydroxylation is 1. The number of nitriles is 1. The molecule has 0 aliphatic heterocycles. The summed E-state index contributed by atoms with van der Waals surface area (Å²) >= 11 is 0. The Hall–Kier alpha value is -3.12. The molecule has 0 N–H and O–H groups in total. The minimum Gasteiger partial charge on any atom is -0.275 e. The Morgan fingerprint density at radius 1 is 0.909 bits per heavy atom. The van der Waals surface area contributed by atoms with E-state index < -0.39 is 0 Å². The quantitative estimate of drug-likeness (QED) is 0.364. The second-order valence-electron chi connectivity index (χ2n) is 5.40. The summed E-state index contributed by atoms with van der Waals surface area (Å²) in [5.74, 6) is 0. The van der Waals surface area contributed by atoms with E-state index in [4.69, 9.17) is 0 Å². The normalized spacial score (nSPS) is 11.1. The van der Waals surface area contributed by atoms with E-state index >= 15 is 0 Å². The molecule has 2 aromatic heterocycles. The topological polar surface area (TPSA) is 45.3 Å². The fourth-order valence-electron chi connectivity index (χ4n) is 3.15. The minimum atomic E-state index is -0.0826. The van der Waals surface area contributed by atoms with Gasteiger partial charge in [0.2, 0.25) is 0 Å². The first-order chi connectivity index (χ1) is 10.7. The van der Waals surface area contributed by atoms with Crippen LogP contribution in [0.4, 0.5) is 0 Å². The lowest BCUT2D eigenvalue weighted by atomic mass is 10.0. The molecule has 0 aliphatic rings. The molecule has 104 valence electrons. The van der Waals surface area contributed by atoms with Crippen molar-refractivity contribution in [3.8, 4) is 6.07 Å². The molecular formula is C19H12N2O. The van der Waals surface area contributed by atoms with E-state index in [1.807, 2.05) is 55.5 Å². The molecule has 4 aromatic rings. The number of pyridine rings is 2. The van der Waals surface area contributed by atoms with Crippen LogP contribution in [0.2, 0.25) is 0 Å². The van der Waals surface area contributed by atoms with Crippen LogP contribution >= 0.6 is 0 Å². The van der Waals surface area contributed by atoms with Crippen LogP contribution < -0.4 is 5.56 Å². The highest BCUT2D eigenvalue weighted by atomic mass is 16.1. The Bertz CT molecular complexity index is 1160. The van der Waals surface area contributed by atoms with Crippen molar-refractivity contribution >= 4 is 27.2 Å². The van der Waals surface area contributed by atoms with E-state index in [2.05, 4.69) is 6.07 Å². The number of nitrogens with zero attached hydrogens (tertiary/aromatic N) is 2. The molecule has 0 spiro atoms. The van der Waals surface area contributed by atoms with Gasteiger partial charge in [0.15, 0.2) is 0 Å². The van der Waals surface area contributed by atoms with Gasteiger partial charge in [-0.25, -0.2) is 0 Å². The third-order valence-corrected chi connectivity index (χ3v) is 4.16. The Morgan fingerprint density at radius 3 is 2.27 bits per heavy atom. The molecule has 0 fully saturated rings. The zero-order valence-corrected chi connectivity index (χ0v) is 12.0. The summed E-state index contributed by atoms with van der Waals surface area (Å²) in [7, 11) is 0. The third kappa shape index (κ3) is 1.52. The standard InChI is InChI=1S/C19H12N2O/c1-12-10-18-16(11-20)14-7-2-3-8-15(14)19(22)21(18)17-9-5-4-6-13(12)17/h2-10H,1H3. The maximum atomic E-state index is 12.9. The Labute approximate surface area is 126 Å². The summed E-state index contributed by atoms with van der Waals surface area (Å²) in [4.78, 5) is 12.9. The summed E-state index contributed by atoms with van der Waals surface area (Å²) in [6.45, 7) is 2.00. The van der Waals surface area contributed by atoms with Gasteiger partial charge in [-0.3, -0.25) is 9.20 Å². The van der Waals surface area contributed by atoms with Gasteiger partial charge in [-0.2, -0.15) is 5.26 Å². The molecule has 2 heterocycles. The number of rotatable bonds is 0. The van der Waals surface area contributed by atoms with Gasteiger partial charge < -0.3 is 0 Å². The van der Waals surface area contributed by atoms with Crippen LogP contribution in [0.25, 0.3) is 27.2 Å². The van der Waals surface area contributed by atoms with Crippen molar-refractivity contribution in [3.63, 3.8) is 0 Å². The Kier molecular flexibility index (Phi) is 2.54. The number of benzene rings is 2. The van der Waals surface area contributed by atoms with Gasteiger partial charge in [-0.05, 0) is 30.7 Å². The lowest BCUT2D eigenvalue weighted by Gasteiger charge is -2.12. The van der Waals surface area contributed by atoms with Crippen LogP contribution in [0.5, 0.6) is 0 Å². The first-order valence-corrected chi connectivity index (χ1v) is 7.08. The molecule has 4 rings (SSSR count). The molecule has 0 saturated carbocycles. The van der Waals surface area contributed by atoms with Crippen molar-refractivity contribution in [2.45, 2.75) is 6.92 Å². The highest BCUT2D eigenvalue weighted by Crippen LogP contribution is 2.26. The zero-order chi connectivity index (χ0) is 15.3. The lowest BCUT2D eigenvalue weighted by molar-refractivity contribution is 1.17. The van der Waals surface area contributed by atoms with Gasteiger partial charge in [0.1, 0.15) is 6.07 Å². The van der Waals surface area contributed by atoms with Crippen LogP contribution in [-0.4, -0.2) is 4.40 Å². The molecule has 2 aromatic carbocycles. The first-order valence-electron chi connectivity index (χ1n) is 7.08. The predicted molar refractivity (Wildman–Crippen MR) is 88.1 cm³/mol. The van der Waals surface area contributed by atoms with Crippen LogP contribution in [0, 0.1) is 18.3 Å². The summed E-state index contributed by atoms with van der Waals surface area (Å²) in [5, 5.41) is 11.9. The number of aromatic nitrogens is 1. The van der Waals surface area contributed by atoms with E-state index in [-0.39, 0.29) is 5.56 Å². The van der Waals surface area contributed by atoms with Crippen LogP contribution in [0.15, 0.2) is 59.4 Å². The average Bonchev–Trinajstić information content (AvgIpc) is 2.55. The highest BCUT2D eigenvalue weighted by Gasteiger charge is 2.14. The van der Waals surface area contributed by atoms with Gasteiger partial charge in [0.25, 0.3) is 5.56 Å². The first kappa shape index (κ1) is 12.6. The molecule has 0 atom stereocenters. The van der Waals surface area contributed by atoms with Gasteiger partial charge in [-0.15, -0.1) is 0 Å². The zero-order valence-electron chi connectivity index (χ0n) is 12.0. The van der Waals surface area contributed by atoms with Crippen LogP contribution in [-0.2, 0) is 0 Å². The van der Waals surface area contributed by atoms with E-state index in [0.717, 1.165) is 16.5 Å².